The van der Waals surface area contributed by atoms with Crippen molar-refractivity contribution in [1.29, 1.82) is 0 Å². The first-order valence-corrected chi connectivity index (χ1v) is 1.58. The van der Waals surface area contributed by atoms with Crippen LogP contribution in [0.15, 0.2) is 0 Å². The van der Waals surface area contributed by atoms with Crippen LogP contribution in [-0.4, -0.2) is 21.6 Å². The summed E-state index contributed by atoms with van der Waals surface area (Å²) < 4.78 is 0. The minimum absolute atomic E-state index is 0. The quantitative estimate of drug-likeness (QED) is 0.489. The third kappa shape index (κ3) is 24.1. The van der Waals surface area contributed by atoms with Crippen molar-refractivity contribution < 1.29 is 0 Å². The molecular formula is C4H16BN2. The van der Waals surface area contributed by atoms with Crippen LogP contribution in [0.1, 0.15) is 14.9 Å². The molecule has 0 saturated carbocycles. The van der Waals surface area contributed by atoms with Gasteiger partial charge >= 0.3 is 7.55 Å². The summed E-state index contributed by atoms with van der Waals surface area (Å²) in [5.74, 6) is 0. The van der Waals surface area contributed by atoms with E-state index in [1.165, 1.54) is 0 Å². The zero-order valence-corrected chi connectivity index (χ0v) is 3.58. The molecule has 0 aliphatic heterocycles. The summed E-state index contributed by atoms with van der Waals surface area (Å²) in [7, 11) is 5.44. The minimum Gasteiger partial charge on any atom is -0.348 e. The Balaban J connectivity index is -0.0000000800. The molecule has 0 rings (SSSR count). The molecule has 3 heteroatoms. The monoisotopic (exact) mass is 103 g/mol. The van der Waals surface area contributed by atoms with Gasteiger partial charge in [-0.1, -0.05) is 14.9 Å². The van der Waals surface area contributed by atoms with Crippen LogP contribution in [0, 0.1) is 0 Å². The van der Waals surface area contributed by atoms with E-state index in [9.17, 15) is 0 Å². The number of nitrogens with one attached hydrogen (secondary N) is 2. The van der Waals surface area contributed by atoms with E-state index < -0.39 is 0 Å². The number of hydrogen-bond acceptors (Lipinski definition) is 2. The summed E-state index contributed by atoms with van der Waals surface area (Å²) in [4.78, 5) is 0. The normalized spacial score (nSPS) is 5.43. The van der Waals surface area contributed by atoms with Crippen LogP contribution < -0.4 is 10.5 Å². The summed E-state index contributed by atoms with van der Waals surface area (Å²) in [6, 6.07) is 0. The van der Waals surface area contributed by atoms with Crippen LogP contribution in [0.4, 0.5) is 0 Å². The van der Waals surface area contributed by atoms with Gasteiger partial charge in [-0.05, 0) is 14.1 Å². The average Bonchev–Trinajstić information content (AvgIpc) is 1.41. The van der Waals surface area contributed by atoms with Gasteiger partial charge in [-0.3, -0.25) is 0 Å². The van der Waals surface area contributed by atoms with E-state index in [1.807, 2.05) is 14.1 Å². The lowest BCUT2D eigenvalue weighted by Gasteiger charge is -1.83. The van der Waals surface area contributed by atoms with E-state index >= 15 is 0 Å². The predicted molar refractivity (Wildman–Crippen MR) is 37.3 cm³/mol. The van der Waals surface area contributed by atoms with Gasteiger partial charge in [-0.2, -0.15) is 0 Å². The van der Waals surface area contributed by atoms with Crippen molar-refractivity contribution in [2.75, 3.05) is 14.1 Å². The third-order valence-corrected chi connectivity index (χ3v) is 0.289. The Labute approximate surface area is 48.0 Å². The second-order valence-corrected chi connectivity index (χ2v) is 0.722. The van der Waals surface area contributed by atoms with Crippen molar-refractivity contribution in [2.45, 2.75) is 14.9 Å². The lowest BCUT2D eigenvalue weighted by molar-refractivity contribution is 1.13. The van der Waals surface area contributed by atoms with Gasteiger partial charge in [0.15, 0.2) is 0 Å². The van der Waals surface area contributed by atoms with E-state index in [-0.39, 0.29) is 14.9 Å². The summed E-state index contributed by atoms with van der Waals surface area (Å²) in [6.07, 6.45) is 0. The Kier molecular flexibility index (Phi) is 37.6. The number of rotatable bonds is 2. The summed E-state index contributed by atoms with van der Waals surface area (Å²) in [5.41, 5.74) is 0. The topological polar surface area (TPSA) is 24.1 Å². The Hall–Kier alpha value is -0.0151. The maximum atomic E-state index is 2.78. The van der Waals surface area contributed by atoms with Crippen molar-refractivity contribution >= 4 is 7.55 Å². The minimum atomic E-state index is 0. The fourth-order valence-electron chi connectivity index (χ4n) is 0.144. The Morgan fingerprint density at radius 1 is 1.00 bits per heavy atom. The summed E-state index contributed by atoms with van der Waals surface area (Å²) in [5, 5.41) is 5.56. The van der Waals surface area contributed by atoms with Crippen LogP contribution in [-0.2, 0) is 0 Å². The van der Waals surface area contributed by atoms with E-state index in [2.05, 4.69) is 10.5 Å². The molecule has 0 aromatic heterocycles. The van der Waals surface area contributed by atoms with Gasteiger partial charge in [-0.15, -0.1) is 0 Å². The van der Waals surface area contributed by atoms with Crippen molar-refractivity contribution in [1.82, 2.24) is 10.5 Å². The molecular weight excluding hydrogens is 86.9 g/mol. The van der Waals surface area contributed by atoms with Crippen LogP contribution >= 0.6 is 0 Å². The highest BCUT2D eigenvalue weighted by Crippen LogP contribution is 1.23. The van der Waals surface area contributed by atoms with E-state index in [1.54, 1.807) is 7.55 Å². The SMILES string of the molecule is C.C.CN[B]NC. The molecule has 0 heterocycles. The maximum absolute atomic E-state index is 2.78. The van der Waals surface area contributed by atoms with Gasteiger partial charge in [-0.25, -0.2) is 0 Å². The first kappa shape index (κ1) is 15.8. The van der Waals surface area contributed by atoms with Gasteiger partial charge < -0.3 is 10.5 Å². The van der Waals surface area contributed by atoms with Crippen LogP contribution in [0.25, 0.3) is 0 Å². The van der Waals surface area contributed by atoms with Crippen molar-refractivity contribution in [2.24, 2.45) is 0 Å². The standard InChI is InChI=1S/C2H8BN2.2CH4/c1-4-3-5-2;;/h4-5H,1-2H3;2*1H4. The Bertz CT molecular complexity index is 17.2. The first-order chi connectivity index (χ1) is 2.41. The molecule has 0 aromatic rings. The third-order valence-electron chi connectivity index (χ3n) is 0.289. The van der Waals surface area contributed by atoms with Crippen LogP contribution in [0.2, 0.25) is 0 Å². The molecule has 1 radical (unpaired) electrons. The van der Waals surface area contributed by atoms with Crippen molar-refractivity contribution in [3.05, 3.63) is 0 Å². The average molecular weight is 103 g/mol. The van der Waals surface area contributed by atoms with E-state index in [0.29, 0.717) is 0 Å². The van der Waals surface area contributed by atoms with Gasteiger partial charge in [0.25, 0.3) is 0 Å². The van der Waals surface area contributed by atoms with Crippen LogP contribution in [0.3, 0.4) is 0 Å². The molecule has 0 amide bonds. The molecule has 45 valence electrons. The lowest BCUT2D eigenvalue weighted by Crippen LogP contribution is -2.26. The van der Waals surface area contributed by atoms with Gasteiger partial charge in [0.1, 0.15) is 0 Å². The van der Waals surface area contributed by atoms with E-state index in [0.717, 1.165) is 0 Å². The zero-order chi connectivity index (χ0) is 4.12. The number of hydrogen-bond donors (Lipinski definition) is 2. The summed E-state index contributed by atoms with van der Waals surface area (Å²) in [6.45, 7) is 0. The van der Waals surface area contributed by atoms with Gasteiger partial charge in [0.2, 0.25) is 0 Å². The predicted octanol–water partition coefficient (Wildman–Crippen LogP) is 0.232. The molecule has 0 bridgehead atoms. The zero-order valence-electron chi connectivity index (χ0n) is 3.58. The Morgan fingerprint density at radius 3 is 1.29 bits per heavy atom. The fourth-order valence-corrected chi connectivity index (χ4v) is 0.144. The smallest absolute Gasteiger partial charge is 0.306 e. The molecule has 2 N–H and O–H groups in total. The maximum Gasteiger partial charge on any atom is 0.306 e. The lowest BCUT2D eigenvalue weighted by atomic mass is 10.2. The Morgan fingerprint density at radius 2 is 1.29 bits per heavy atom. The summed E-state index contributed by atoms with van der Waals surface area (Å²) >= 11 is 0. The highest BCUT2D eigenvalue weighted by molar-refractivity contribution is 6.28. The highest BCUT2D eigenvalue weighted by atomic mass is 14.9. The second-order valence-electron chi connectivity index (χ2n) is 0.722. The molecule has 2 nitrogen and oxygen atoms in total. The molecule has 0 aliphatic rings. The van der Waals surface area contributed by atoms with Crippen LogP contribution in [0.5, 0.6) is 0 Å². The molecule has 0 aliphatic carbocycles. The second kappa shape index (κ2) is 16.7. The van der Waals surface area contributed by atoms with Crippen molar-refractivity contribution in [3.63, 3.8) is 0 Å². The fraction of sp³-hybridized carbons (Fsp3) is 1.00. The molecule has 0 fully saturated rings. The molecule has 0 atom stereocenters. The van der Waals surface area contributed by atoms with Crippen molar-refractivity contribution in [3.8, 4) is 0 Å². The molecule has 0 aromatic carbocycles. The van der Waals surface area contributed by atoms with Gasteiger partial charge in [0, 0.05) is 0 Å². The first-order valence-electron chi connectivity index (χ1n) is 1.58. The van der Waals surface area contributed by atoms with E-state index in [4.69, 9.17) is 0 Å². The molecule has 0 spiro atoms. The largest absolute Gasteiger partial charge is 0.348 e. The van der Waals surface area contributed by atoms with Gasteiger partial charge in [0.05, 0.1) is 0 Å². The molecule has 0 saturated heterocycles. The highest BCUT2D eigenvalue weighted by Gasteiger charge is 1.69. The molecule has 7 heavy (non-hydrogen) atoms. The molecule has 0 unspecified atom stereocenters.